The summed E-state index contributed by atoms with van der Waals surface area (Å²) in [6.07, 6.45) is 1.74. The van der Waals surface area contributed by atoms with Crippen LogP contribution in [0.1, 0.15) is 19.8 Å². The number of halogens is 1. The Hall–Kier alpha value is -2.33. The van der Waals surface area contributed by atoms with Gasteiger partial charge in [-0.1, -0.05) is 11.6 Å². The number of anilines is 1. The Labute approximate surface area is 199 Å². The van der Waals surface area contributed by atoms with E-state index in [2.05, 4.69) is 14.9 Å². The summed E-state index contributed by atoms with van der Waals surface area (Å²) in [5.74, 6) is 1.46. The third-order valence-electron chi connectivity index (χ3n) is 5.84. The van der Waals surface area contributed by atoms with Crippen molar-refractivity contribution in [2.45, 2.75) is 30.8 Å². The monoisotopic (exact) mass is 493 g/mol. The standard InChI is InChI=1S/C23H28ClN3O5S/c1-16(28)26-19-3-5-21(6-4-19)33(29,30)25-13-17-8-10-27(11-9-17)14-20-15-31-22-7-2-18(24)12-23(22)32-20/h2-7,12,17,20,25H,8-11,13-15H2,1H3,(H,26,28). The van der Waals surface area contributed by atoms with Crippen LogP contribution >= 0.6 is 11.6 Å². The molecule has 2 heterocycles. The van der Waals surface area contributed by atoms with Gasteiger partial charge in [-0.3, -0.25) is 9.69 Å². The zero-order chi connectivity index (χ0) is 23.4. The van der Waals surface area contributed by atoms with Crippen LogP contribution in [-0.4, -0.2) is 58.1 Å². The molecule has 1 saturated heterocycles. The number of piperidine rings is 1. The molecule has 0 spiro atoms. The molecule has 0 bridgehead atoms. The molecule has 2 aliphatic heterocycles. The summed E-state index contributed by atoms with van der Waals surface area (Å²) in [6, 6.07) is 11.5. The Morgan fingerprint density at radius 2 is 1.85 bits per heavy atom. The molecule has 2 aliphatic rings. The largest absolute Gasteiger partial charge is 0.486 e. The van der Waals surface area contributed by atoms with Gasteiger partial charge in [0.05, 0.1) is 4.90 Å². The van der Waals surface area contributed by atoms with Crippen LogP contribution in [0.4, 0.5) is 5.69 Å². The van der Waals surface area contributed by atoms with Gasteiger partial charge in [0.25, 0.3) is 0 Å². The van der Waals surface area contributed by atoms with Crippen molar-refractivity contribution in [1.82, 2.24) is 9.62 Å². The van der Waals surface area contributed by atoms with E-state index in [0.29, 0.717) is 35.4 Å². The van der Waals surface area contributed by atoms with Gasteiger partial charge in [-0.2, -0.15) is 0 Å². The van der Waals surface area contributed by atoms with E-state index in [1.54, 1.807) is 24.3 Å². The van der Waals surface area contributed by atoms with E-state index < -0.39 is 10.0 Å². The van der Waals surface area contributed by atoms with E-state index in [0.717, 1.165) is 32.5 Å². The highest BCUT2D eigenvalue weighted by Gasteiger charge is 2.27. The second-order valence-corrected chi connectivity index (χ2v) is 10.6. The molecule has 1 fully saturated rings. The van der Waals surface area contributed by atoms with Gasteiger partial charge in [0, 0.05) is 36.8 Å². The molecule has 8 nitrogen and oxygen atoms in total. The van der Waals surface area contributed by atoms with Gasteiger partial charge >= 0.3 is 0 Å². The zero-order valence-corrected chi connectivity index (χ0v) is 20.0. The fourth-order valence-electron chi connectivity index (χ4n) is 4.07. The van der Waals surface area contributed by atoms with Crippen LogP contribution in [0, 0.1) is 5.92 Å². The number of ether oxygens (including phenoxy) is 2. The summed E-state index contributed by atoms with van der Waals surface area (Å²) in [5, 5.41) is 3.24. The normalized spacial score (nSPS) is 19.3. The third-order valence-corrected chi connectivity index (χ3v) is 7.51. The van der Waals surface area contributed by atoms with Crippen molar-refractivity contribution >= 4 is 33.2 Å². The summed E-state index contributed by atoms with van der Waals surface area (Å²) in [5.41, 5.74) is 0.563. The lowest BCUT2D eigenvalue weighted by molar-refractivity contribution is -0.114. The number of carbonyl (C=O) groups excluding carboxylic acids is 1. The van der Waals surface area contributed by atoms with Gasteiger partial charge < -0.3 is 14.8 Å². The molecule has 0 saturated carbocycles. The summed E-state index contributed by atoms with van der Waals surface area (Å²) < 4.78 is 39.8. The Bertz CT molecular complexity index is 1090. The molecule has 10 heteroatoms. The fraction of sp³-hybridized carbons (Fsp3) is 0.435. The summed E-state index contributed by atoms with van der Waals surface area (Å²) >= 11 is 6.05. The second-order valence-electron chi connectivity index (χ2n) is 8.44. The Kier molecular flexibility index (Phi) is 7.43. The van der Waals surface area contributed by atoms with Crippen LogP contribution in [0.5, 0.6) is 11.5 Å². The lowest BCUT2D eigenvalue weighted by atomic mass is 9.97. The molecule has 2 aromatic rings. The van der Waals surface area contributed by atoms with E-state index in [-0.39, 0.29) is 22.8 Å². The predicted octanol–water partition coefficient (Wildman–Crippen LogP) is 3.13. The molecule has 1 amide bonds. The highest BCUT2D eigenvalue weighted by Crippen LogP contribution is 2.34. The zero-order valence-electron chi connectivity index (χ0n) is 18.4. The minimum absolute atomic E-state index is 0.0634. The smallest absolute Gasteiger partial charge is 0.240 e. The molecular formula is C23H28ClN3O5S. The van der Waals surface area contributed by atoms with Crippen LogP contribution in [0.25, 0.3) is 0 Å². The first kappa shape index (κ1) is 23.8. The minimum Gasteiger partial charge on any atom is -0.486 e. The fourth-order valence-corrected chi connectivity index (χ4v) is 5.35. The van der Waals surface area contributed by atoms with Crippen LogP contribution < -0.4 is 19.5 Å². The number of hydrogen-bond donors (Lipinski definition) is 2. The average Bonchev–Trinajstić information content (AvgIpc) is 2.78. The second kappa shape index (κ2) is 10.3. The van der Waals surface area contributed by atoms with Crippen LogP contribution in [0.3, 0.4) is 0 Å². The number of benzene rings is 2. The van der Waals surface area contributed by atoms with Crippen molar-refractivity contribution in [1.29, 1.82) is 0 Å². The molecule has 1 unspecified atom stereocenters. The highest BCUT2D eigenvalue weighted by molar-refractivity contribution is 7.89. The SMILES string of the molecule is CC(=O)Nc1ccc(S(=O)(=O)NCC2CCN(CC3COc4ccc(Cl)cc4O3)CC2)cc1. The maximum atomic E-state index is 12.6. The third kappa shape index (κ3) is 6.38. The molecular weight excluding hydrogens is 466 g/mol. The predicted molar refractivity (Wildman–Crippen MR) is 126 cm³/mol. The minimum atomic E-state index is -3.60. The quantitative estimate of drug-likeness (QED) is 0.615. The first-order valence-electron chi connectivity index (χ1n) is 11.0. The molecule has 4 rings (SSSR count). The summed E-state index contributed by atoms with van der Waals surface area (Å²) in [4.78, 5) is 13.6. The Morgan fingerprint density at radius 1 is 1.12 bits per heavy atom. The maximum absolute atomic E-state index is 12.6. The molecule has 2 aromatic carbocycles. The lowest BCUT2D eigenvalue weighted by Crippen LogP contribution is -2.45. The number of nitrogens with zero attached hydrogens (tertiary/aromatic N) is 1. The van der Waals surface area contributed by atoms with Crippen molar-refractivity contribution in [3.63, 3.8) is 0 Å². The number of fused-ring (bicyclic) bond motifs is 1. The van der Waals surface area contributed by atoms with E-state index >= 15 is 0 Å². The molecule has 0 radical (unpaired) electrons. The van der Waals surface area contributed by atoms with Gasteiger partial charge in [0.2, 0.25) is 15.9 Å². The van der Waals surface area contributed by atoms with Gasteiger partial charge in [-0.05, 0) is 68.2 Å². The van der Waals surface area contributed by atoms with Crippen molar-refractivity contribution < 1.29 is 22.7 Å². The van der Waals surface area contributed by atoms with Crippen molar-refractivity contribution in [2.75, 3.05) is 38.1 Å². The number of sulfonamides is 1. The molecule has 0 aromatic heterocycles. The van der Waals surface area contributed by atoms with Crippen molar-refractivity contribution in [2.24, 2.45) is 5.92 Å². The molecule has 33 heavy (non-hydrogen) atoms. The number of likely N-dealkylation sites (tertiary alicyclic amines) is 1. The maximum Gasteiger partial charge on any atom is 0.240 e. The van der Waals surface area contributed by atoms with Gasteiger partial charge in [0.1, 0.15) is 12.7 Å². The van der Waals surface area contributed by atoms with Gasteiger partial charge in [-0.15, -0.1) is 0 Å². The molecule has 0 aliphatic carbocycles. The highest BCUT2D eigenvalue weighted by atomic mass is 35.5. The van der Waals surface area contributed by atoms with Crippen molar-refractivity contribution in [3.8, 4) is 11.5 Å². The number of carbonyl (C=O) groups is 1. The van der Waals surface area contributed by atoms with Crippen LogP contribution in [0.2, 0.25) is 5.02 Å². The molecule has 178 valence electrons. The van der Waals surface area contributed by atoms with Crippen molar-refractivity contribution in [3.05, 3.63) is 47.5 Å². The Morgan fingerprint density at radius 3 is 2.55 bits per heavy atom. The number of rotatable bonds is 7. The van der Waals surface area contributed by atoms with E-state index in [1.165, 1.54) is 19.1 Å². The van der Waals surface area contributed by atoms with Crippen LogP contribution in [0.15, 0.2) is 47.4 Å². The number of hydrogen-bond acceptors (Lipinski definition) is 6. The van der Waals surface area contributed by atoms with Gasteiger partial charge in [0.15, 0.2) is 11.5 Å². The van der Waals surface area contributed by atoms with E-state index in [9.17, 15) is 13.2 Å². The summed E-state index contributed by atoms with van der Waals surface area (Å²) in [6.45, 7) is 4.81. The van der Waals surface area contributed by atoms with E-state index in [1.807, 2.05) is 6.07 Å². The van der Waals surface area contributed by atoms with Gasteiger partial charge in [-0.25, -0.2) is 13.1 Å². The van der Waals surface area contributed by atoms with Crippen LogP contribution in [-0.2, 0) is 14.8 Å². The first-order chi connectivity index (χ1) is 15.8. The summed E-state index contributed by atoms with van der Waals surface area (Å²) in [7, 11) is -3.60. The molecule has 1 atom stereocenters. The number of nitrogens with one attached hydrogen (secondary N) is 2. The Balaban J connectivity index is 1.22. The number of amides is 1. The lowest BCUT2D eigenvalue weighted by Gasteiger charge is -2.35. The average molecular weight is 494 g/mol. The van der Waals surface area contributed by atoms with E-state index in [4.69, 9.17) is 21.1 Å². The molecule has 2 N–H and O–H groups in total. The first-order valence-corrected chi connectivity index (χ1v) is 12.8. The topological polar surface area (TPSA) is 97.0 Å².